The number of benzene rings is 1. The molecule has 2 saturated heterocycles. The summed E-state index contributed by atoms with van der Waals surface area (Å²) in [5.41, 5.74) is 0.623. The van der Waals surface area contributed by atoms with Gasteiger partial charge in [0.15, 0.2) is 0 Å². The standard InChI is InChI=1S/C29H32F4N6O3/c1-38-4-6-39(7-5-38)26-13-24(30)21(19-10-18(14-34-16-19)15-35-20-2-8-42-9-3-20)11-25(26)37-28(41)22-17-36-27(40)12-23(22)29(31,32)33/h10-14,16-17,20,22,35H,2-9,15H2,1H3,(H,37,41). The van der Waals surface area contributed by atoms with Crippen molar-refractivity contribution in [2.45, 2.75) is 31.6 Å². The molecule has 1 atom stereocenters. The first-order valence-electron chi connectivity index (χ1n) is 13.8. The van der Waals surface area contributed by atoms with Crippen LogP contribution in [0.25, 0.3) is 11.1 Å². The number of nitrogens with one attached hydrogen (secondary N) is 2. The van der Waals surface area contributed by atoms with Crippen molar-refractivity contribution in [3.63, 3.8) is 0 Å². The zero-order valence-electron chi connectivity index (χ0n) is 23.1. The van der Waals surface area contributed by atoms with E-state index in [2.05, 4.69) is 25.5 Å². The van der Waals surface area contributed by atoms with Gasteiger partial charge in [-0.1, -0.05) is 0 Å². The lowest BCUT2D eigenvalue weighted by Crippen LogP contribution is -2.45. The third-order valence-corrected chi connectivity index (χ3v) is 7.68. The van der Waals surface area contributed by atoms with Crippen LogP contribution in [-0.2, 0) is 20.9 Å². The first-order valence-corrected chi connectivity index (χ1v) is 13.8. The molecule has 3 aliphatic heterocycles. The molecule has 5 rings (SSSR count). The van der Waals surface area contributed by atoms with Gasteiger partial charge in [0.2, 0.25) is 5.91 Å². The van der Waals surface area contributed by atoms with Crippen LogP contribution in [0.3, 0.4) is 0 Å². The van der Waals surface area contributed by atoms with E-state index in [0.29, 0.717) is 75.5 Å². The maximum atomic E-state index is 15.7. The summed E-state index contributed by atoms with van der Waals surface area (Å²) in [7, 11) is 1.95. The second-order valence-corrected chi connectivity index (χ2v) is 10.7. The molecule has 4 heterocycles. The summed E-state index contributed by atoms with van der Waals surface area (Å²) in [6.07, 6.45) is 1.08. The summed E-state index contributed by atoms with van der Waals surface area (Å²) < 4.78 is 62.1. The number of carbonyl (C=O) groups is 2. The Balaban J connectivity index is 1.45. The van der Waals surface area contributed by atoms with E-state index < -0.39 is 35.3 Å². The zero-order chi connectivity index (χ0) is 29.9. The van der Waals surface area contributed by atoms with Gasteiger partial charge in [-0.2, -0.15) is 13.2 Å². The number of aromatic nitrogens is 1. The highest BCUT2D eigenvalue weighted by Crippen LogP contribution is 2.37. The number of hydrogen-bond acceptors (Lipinski definition) is 7. The molecule has 2 N–H and O–H groups in total. The molecule has 9 nitrogen and oxygen atoms in total. The van der Waals surface area contributed by atoms with Crippen LogP contribution in [0.5, 0.6) is 0 Å². The van der Waals surface area contributed by atoms with Crippen LogP contribution in [0.1, 0.15) is 18.4 Å². The smallest absolute Gasteiger partial charge is 0.381 e. The molecular weight excluding hydrogens is 556 g/mol. The average Bonchev–Trinajstić information content (AvgIpc) is 2.97. The highest BCUT2D eigenvalue weighted by atomic mass is 19.4. The molecule has 0 spiro atoms. The van der Waals surface area contributed by atoms with E-state index in [9.17, 15) is 22.8 Å². The molecule has 2 amide bonds. The van der Waals surface area contributed by atoms with E-state index in [-0.39, 0.29) is 11.3 Å². The Labute approximate surface area is 240 Å². The van der Waals surface area contributed by atoms with Gasteiger partial charge in [-0.05, 0) is 43.7 Å². The molecule has 224 valence electrons. The second-order valence-electron chi connectivity index (χ2n) is 10.7. The lowest BCUT2D eigenvalue weighted by molar-refractivity contribution is -0.124. The summed E-state index contributed by atoms with van der Waals surface area (Å²) >= 11 is 0. The molecule has 3 aliphatic rings. The van der Waals surface area contributed by atoms with Gasteiger partial charge in [-0.3, -0.25) is 14.6 Å². The Morgan fingerprint density at radius 1 is 1.10 bits per heavy atom. The van der Waals surface area contributed by atoms with Crippen molar-refractivity contribution in [3.8, 4) is 11.1 Å². The molecule has 1 aromatic heterocycles. The van der Waals surface area contributed by atoms with E-state index in [1.165, 1.54) is 18.3 Å². The molecular formula is C29H32F4N6O3. The van der Waals surface area contributed by atoms with Gasteiger partial charge in [0, 0.05) is 87.8 Å². The van der Waals surface area contributed by atoms with Gasteiger partial charge < -0.3 is 25.2 Å². The van der Waals surface area contributed by atoms with Crippen LogP contribution in [0.4, 0.5) is 28.9 Å². The normalized spacial score (nSPS) is 20.5. The van der Waals surface area contributed by atoms with Crippen molar-refractivity contribution in [2.75, 3.05) is 56.7 Å². The molecule has 42 heavy (non-hydrogen) atoms. The lowest BCUT2D eigenvalue weighted by atomic mass is 9.95. The lowest BCUT2D eigenvalue weighted by Gasteiger charge is -2.35. The number of ether oxygens (including phenoxy) is 1. The average molecular weight is 589 g/mol. The molecule has 1 unspecified atom stereocenters. The minimum atomic E-state index is -4.91. The Morgan fingerprint density at radius 2 is 1.83 bits per heavy atom. The number of rotatable bonds is 7. The van der Waals surface area contributed by atoms with Crippen molar-refractivity contribution in [3.05, 3.63) is 53.6 Å². The van der Waals surface area contributed by atoms with Gasteiger partial charge in [0.1, 0.15) is 11.7 Å². The largest absolute Gasteiger partial charge is 0.414 e. The summed E-state index contributed by atoms with van der Waals surface area (Å²) in [6, 6.07) is 4.82. The maximum Gasteiger partial charge on any atom is 0.414 e. The summed E-state index contributed by atoms with van der Waals surface area (Å²) in [5, 5.41) is 6.04. The number of alkyl halides is 3. The number of pyridine rings is 1. The second kappa shape index (κ2) is 12.7. The molecule has 1 aromatic carbocycles. The third kappa shape index (κ3) is 7.02. The van der Waals surface area contributed by atoms with Crippen molar-refractivity contribution < 1.29 is 31.9 Å². The number of dihydropyridines is 1. The van der Waals surface area contributed by atoms with Crippen molar-refractivity contribution in [2.24, 2.45) is 10.9 Å². The van der Waals surface area contributed by atoms with Crippen LogP contribution in [0.15, 0.2) is 47.2 Å². The fraction of sp³-hybridized carbons (Fsp3) is 0.448. The number of nitrogens with zero attached hydrogens (tertiary/aromatic N) is 4. The molecule has 2 aromatic rings. The molecule has 0 saturated carbocycles. The van der Waals surface area contributed by atoms with E-state index in [1.54, 1.807) is 12.3 Å². The summed E-state index contributed by atoms with van der Waals surface area (Å²) in [4.78, 5) is 36.5. The Bertz CT molecular complexity index is 1380. The van der Waals surface area contributed by atoms with Gasteiger partial charge in [-0.25, -0.2) is 9.38 Å². The van der Waals surface area contributed by atoms with Gasteiger partial charge in [0.05, 0.1) is 16.9 Å². The Kier molecular flexibility index (Phi) is 8.99. The fourth-order valence-electron chi connectivity index (χ4n) is 5.25. The van der Waals surface area contributed by atoms with E-state index in [0.717, 1.165) is 18.4 Å². The van der Waals surface area contributed by atoms with Crippen LogP contribution in [0.2, 0.25) is 0 Å². The van der Waals surface area contributed by atoms with Crippen LogP contribution < -0.4 is 15.5 Å². The minimum absolute atomic E-state index is 0.141. The number of halogens is 4. The molecule has 13 heteroatoms. The summed E-state index contributed by atoms with van der Waals surface area (Å²) in [5.74, 6) is -4.51. The molecule has 0 bridgehead atoms. The first kappa shape index (κ1) is 29.8. The predicted octanol–water partition coefficient (Wildman–Crippen LogP) is 3.56. The van der Waals surface area contributed by atoms with E-state index in [4.69, 9.17) is 4.74 Å². The number of amides is 2. The Hall–Kier alpha value is -3.68. The van der Waals surface area contributed by atoms with E-state index in [1.807, 2.05) is 11.9 Å². The van der Waals surface area contributed by atoms with Gasteiger partial charge >= 0.3 is 6.18 Å². The van der Waals surface area contributed by atoms with Crippen LogP contribution >= 0.6 is 0 Å². The van der Waals surface area contributed by atoms with Gasteiger partial charge in [-0.15, -0.1) is 0 Å². The quantitative estimate of drug-likeness (QED) is 0.478. The molecule has 2 fully saturated rings. The number of piperazine rings is 1. The predicted molar refractivity (Wildman–Crippen MR) is 150 cm³/mol. The first-order chi connectivity index (χ1) is 20.1. The van der Waals surface area contributed by atoms with Crippen LogP contribution in [0, 0.1) is 11.7 Å². The molecule has 0 aliphatic carbocycles. The van der Waals surface area contributed by atoms with Crippen molar-refractivity contribution >= 4 is 29.4 Å². The number of hydrogen-bond donors (Lipinski definition) is 2. The number of anilines is 2. The Morgan fingerprint density at radius 3 is 2.55 bits per heavy atom. The zero-order valence-corrected chi connectivity index (χ0v) is 23.1. The number of aliphatic imine (C=N–C) groups is 1. The molecule has 0 radical (unpaired) electrons. The number of carbonyl (C=O) groups excluding carboxylic acids is 2. The maximum absolute atomic E-state index is 15.7. The monoisotopic (exact) mass is 588 g/mol. The van der Waals surface area contributed by atoms with Crippen molar-refractivity contribution in [1.29, 1.82) is 0 Å². The SMILES string of the molecule is CN1CCN(c2cc(F)c(-c3cncc(CNC4CCOCC4)c3)cc2NC(=O)C2C=NC(=O)C=C2C(F)(F)F)CC1. The van der Waals surface area contributed by atoms with Crippen molar-refractivity contribution in [1.82, 2.24) is 15.2 Å². The van der Waals surface area contributed by atoms with Crippen LogP contribution in [-0.4, -0.2) is 86.6 Å². The highest BCUT2D eigenvalue weighted by molar-refractivity contribution is 6.11. The summed E-state index contributed by atoms with van der Waals surface area (Å²) in [6.45, 7) is 4.32. The highest BCUT2D eigenvalue weighted by Gasteiger charge is 2.43. The van der Waals surface area contributed by atoms with Gasteiger partial charge in [0.25, 0.3) is 5.91 Å². The third-order valence-electron chi connectivity index (χ3n) is 7.68. The fourth-order valence-corrected chi connectivity index (χ4v) is 5.25. The number of likely N-dealkylation sites (N-methyl/N-ethyl adjacent to an activating group) is 1. The minimum Gasteiger partial charge on any atom is -0.381 e. The van der Waals surface area contributed by atoms with E-state index >= 15 is 4.39 Å². The topological polar surface area (TPSA) is 99.2 Å².